The van der Waals surface area contributed by atoms with Crippen LogP contribution in [0.25, 0.3) is 0 Å². The maximum atomic E-state index is 12.4. The SMILES string of the molecule is CC1(C)CCN(C(=O)NC2(C(=O)O)CCOCC2)CCS1. The molecule has 0 spiro atoms. The molecule has 0 radical (unpaired) electrons. The second kappa shape index (κ2) is 6.44. The van der Waals surface area contributed by atoms with Crippen LogP contribution in [0.3, 0.4) is 0 Å². The zero-order chi connectivity index (χ0) is 15.5. The Bertz CT molecular complexity index is 408. The van der Waals surface area contributed by atoms with Crippen molar-refractivity contribution in [2.24, 2.45) is 0 Å². The highest BCUT2D eigenvalue weighted by Gasteiger charge is 2.42. The number of hydrogen-bond acceptors (Lipinski definition) is 4. The first-order chi connectivity index (χ1) is 9.85. The molecule has 2 aliphatic heterocycles. The predicted molar refractivity (Wildman–Crippen MR) is 81.7 cm³/mol. The molecule has 0 aromatic carbocycles. The Hall–Kier alpha value is -0.950. The number of thioether (sulfide) groups is 1. The zero-order valence-corrected chi connectivity index (χ0v) is 13.5. The van der Waals surface area contributed by atoms with Crippen LogP contribution in [0.1, 0.15) is 33.1 Å². The molecule has 2 aliphatic rings. The molecular formula is C14H24N2O4S. The lowest BCUT2D eigenvalue weighted by Crippen LogP contribution is -2.60. The fraction of sp³-hybridized carbons (Fsp3) is 0.857. The van der Waals surface area contributed by atoms with Gasteiger partial charge in [-0.2, -0.15) is 11.8 Å². The summed E-state index contributed by atoms with van der Waals surface area (Å²) in [7, 11) is 0. The smallest absolute Gasteiger partial charge is 0.329 e. The number of ether oxygens (including phenoxy) is 1. The van der Waals surface area contributed by atoms with Crippen LogP contribution < -0.4 is 5.32 Å². The normalized spacial score (nSPS) is 25.0. The maximum absolute atomic E-state index is 12.4. The summed E-state index contributed by atoms with van der Waals surface area (Å²) in [4.78, 5) is 25.8. The third kappa shape index (κ3) is 4.03. The van der Waals surface area contributed by atoms with Gasteiger partial charge < -0.3 is 20.1 Å². The number of carboxylic acids is 1. The lowest BCUT2D eigenvalue weighted by Gasteiger charge is -2.35. The Kier molecular flexibility index (Phi) is 5.03. The van der Waals surface area contributed by atoms with Crippen LogP contribution in [0.2, 0.25) is 0 Å². The van der Waals surface area contributed by atoms with Crippen molar-refractivity contribution in [3.05, 3.63) is 0 Å². The van der Waals surface area contributed by atoms with E-state index < -0.39 is 11.5 Å². The van der Waals surface area contributed by atoms with Crippen LogP contribution in [-0.2, 0) is 9.53 Å². The van der Waals surface area contributed by atoms with Gasteiger partial charge in [0.15, 0.2) is 0 Å². The van der Waals surface area contributed by atoms with E-state index in [1.165, 1.54) is 0 Å². The number of nitrogens with one attached hydrogen (secondary N) is 1. The zero-order valence-electron chi connectivity index (χ0n) is 12.7. The van der Waals surface area contributed by atoms with Crippen molar-refractivity contribution in [1.82, 2.24) is 10.2 Å². The second-order valence-electron chi connectivity index (χ2n) is 6.27. The van der Waals surface area contributed by atoms with Gasteiger partial charge in [0, 0.05) is 49.6 Å². The van der Waals surface area contributed by atoms with Crippen LogP contribution in [-0.4, -0.2) is 64.3 Å². The van der Waals surface area contributed by atoms with Crippen molar-refractivity contribution < 1.29 is 19.4 Å². The van der Waals surface area contributed by atoms with Gasteiger partial charge in [-0.1, -0.05) is 13.8 Å². The molecule has 0 aromatic heterocycles. The summed E-state index contributed by atoms with van der Waals surface area (Å²) in [5, 5.41) is 12.2. The Morgan fingerprint density at radius 1 is 1.19 bits per heavy atom. The quantitative estimate of drug-likeness (QED) is 0.808. The molecule has 0 bridgehead atoms. The molecule has 0 saturated carbocycles. The van der Waals surface area contributed by atoms with Gasteiger partial charge in [0.25, 0.3) is 0 Å². The summed E-state index contributed by atoms with van der Waals surface area (Å²) < 4.78 is 5.38. The van der Waals surface area contributed by atoms with E-state index in [-0.39, 0.29) is 10.8 Å². The van der Waals surface area contributed by atoms with Crippen molar-refractivity contribution >= 4 is 23.8 Å². The molecule has 2 N–H and O–H groups in total. The molecule has 2 rings (SSSR count). The number of carboxylic acid groups (broad SMARTS) is 1. The number of carbonyl (C=O) groups is 2. The molecule has 0 aromatic rings. The molecule has 21 heavy (non-hydrogen) atoms. The summed E-state index contributed by atoms with van der Waals surface area (Å²) in [6.45, 7) is 6.42. The largest absolute Gasteiger partial charge is 0.480 e. The topological polar surface area (TPSA) is 78.9 Å². The van der Waals surface area contributed by atoms with Gasteiger partial charge in [-0.25, -0.2) is 9.59 Å². The minimum absolute atomic E-state index is 0.165. The van der Waals surface area contributed by atoms with E-state index in [2.05, 4.69) is 19.2 Å². The van der Waals surface area contributed by atoms with E-state index >= 15 is 0 Å². The Morgan fingerprint density at radius 3 is 2.48 bits per heavy atom. The predicted octanol–water partition coefficient (Wildman–Crippen LogP) is 1.55. The van der Waals surface area contributed by atoms with Crippen LogP contribution in [0, 0.1) is 0 Å². The second-order valence-corrected chi connectivity index (χ2v) is 8.08. The van der Waals surface area contributed by atoms with Gasteiger partial charge in [0.1, 0.15) is 5.54 Å². The molecular weight excluding hydrogens is 292 g/mol. The van der Waals surface area contributed by atoms with Gasteiger partial charge in [0.2, 0.25) is 0 Å². The van der Waals surface area contributed by atoms with Crippen LogP contribution in [0.4, 0.5) is 4.79 Å². The third-order valence-corrected chi connectivity index (χ3v) is 5.60. The maximum Gasteiger partial charge on any atom is 0.329 e. The van der Waals surface area contributed by atoms with Crippen molar-refractivity contribution in [3.63, 3.8) is 0 Å². The number of urea groups is 1. The van der Waals surface area contributed by atoms with Gasteiger partial charge in [-0.05, 0) is 6.42 Å². The minimum atomic E-state index is -1.18. The first-order valence-corrected chi connectivity index (χ1v) is 8.35. The standard InChI is InChI=1S/C14H24N2O4S/c1-13(2)3-6-16(7-10-21-13)12(19)15-14(11(17)18)4-8-20-9-5-14/h3-10H2,1-2H3,(H,15,19)(H,17,18). The summed E-state index contributed by atoms with van der Waals surface area (Å²) >= 11 is 1.86. The van der Waals surface area contributed by atoms with E-state index in [0.717, 1.165) is 12.2 Å². The van der Waals surface area contributed by atoms with Gasteiger partial charge in [-0.15, -0.1) is 0 Å². The van der Waals surface area contributed by atoms with Crippen molar-refractivity contribution in [1.29, 1.82) is 0 Å². The summed E-state index contributed by atoms with van der Waals surface area (Å²) in [6.07, 6.45) is 1.55. The highest BCUT2D eigenvalue weighted by atomic mass is 32.2. The van der Waals surface area contributed by atoms with E-state index in [9.17, 15) is 14.7 Å². The molecule has 0 unspecified atom stereocenters. The lowest BCUT2D eigenvalue weighted by molar-refractivity contribution is -0.148. The molecule has 2 fully saturated rings. The highest BCUT2D eigenvalue weighted by molar-refractivity contribution is 8.00. The first-order valence-electron chi connectivity index (χ1n) is 7.37. The van der Waals surface area contributed by atoms with E-state index in [1.54, 1.807) is 4.90 Å². The fourth-order valence-corrected chi connectivity index (χ4v) is 3.72. The van der Waals surface area contributed by atoms with E-state index in [4.69, 9.17) is 4.74 Å². The van der Waals surface area contributed by atoms with Crippen molar-refractivity contribution in [2.45, 2.75) is 43.4 Å². The number of carbonyl (C=O) groups excluding carboxylic acids is 1. The number of rotatable bonds is 2. The summed E-state index contributed by atoms with van der Waals surface area (Å²) in [5.74, 6) is -0.0902. The van der Waals surface area contributed by atoms with E-state index in [1.807, 2.05) is 11.8 Å². The lowest BCUT2D eigenvalue weighted by atomic mass is 9.90. The molecule has 7 heteroatoms. The molecule has 6 nitrogen and oxygen atoms in total. The van der Waals surface area contributed by atoms with Crippen molar-refractivity contribution in [3.8, 4) is 0 Å². The average molecular weight is 316 g/mol. The Balaban J connectivity index is 2.00. The Morgan fingerprint density at radius 2 is 1.86 bits per heavy atom. The third-order valence-electron chi connectivity index (χ3n) is 4.23. The monoisotopic (exact) mass is 316 g/mol. The molecule has 2 amide bonds. The van der Waals surface area contributed by atoms with Gasteiger partial charge >= 0.3 is 12.0 Å². The van der Waals surface area contributed by atoms with Gasteiger partial charge in [-0.3, -0.25) is 0 Å². The average Bonchev–Trinajstić information content (AvgIpc) is 2.60. The van der Waals surface area contributed by atoms with Crippen LogP contribution >= 0.6 is 11.8 Å². The molecule has 2 saturated heterocycles. The summed E-state index contributed by atoms with van der Waals surface area (Å²) in [5.41, 5.74) is -1.18. The van der Waals surface area contributed by atoms with Crippen LogP contribution in [0.5, 0.6) is 0 Å². The number of nitrogens with zero attached hydrogens (tertiary/aromatic N) is 1. The van der Waals surface area contributed by atoms with Crippen molar-refractivity contribution in [2.75, 3.05) is 32.1 Å². The number of aliphatic carboxylic acids is 1. The molecule has 120 valence electrons. The minimum Gasteiger partial charge on any atom is -0.480 e. The molecule has 2 heterocycles. The molecule has 0 aliphatic carbocycles. The number of amides is 2. The Labute approximate surface area is 129 Å². The number of hydrogen-bond donors (Lipinski definition) is 2. The molecule has 0 atom stereocenters. The fourth-order valence-electron chi connectivity index (χ4n) is 2.62. The van der Waals surface area contributed by atoms with Gasteiger partial charge in [0.05, 0.1) is 0 Å². The van der Waals surface area contributed by atoms with E-state index in [0.29, 0.717) is 39.1 Å². The summed E-state index contributed by atoms with van der Waals surface area (Å²) in [6, 6.07) is -0.266. The highest BCUT2D eigenvalue weighted by Crippen LogP contribution is 2.31. The first kappa shape index (κ1) is 16.4. The van der Waals surface area contributed by atoms with Crippen LogP contribution in [0.15, 0.2) is 0 Å².